The second-order valence-electron chi connectivity index (χ2n) is 6.21. The van der Waals surface area contributed by atoms with Crippen molar-refractivity contribution in [1.82, 2.24) is 9.88 Å². The largest absolute Gasteiger partial charge is 0.462 e. The Morgan fingerprint density at radius 2 is 1.77 bits per heavy atom. The fraction of sp³-hybridized carbons (Fsp3) is 0.350. The lowest BCUT2D eigenvalue weighted by Crippen LogP contribution is -2.32. The molecule has 1 N–H and O–H groups in total. The number of anilines is 1. The number of hydrogen-bond donors (Lipinski definition) is 1. The summed E-state index contributed by atoms with van der Waals surface area (Å²) in [5.41, 5.74) is 2.13. The van der Waals surface area contributed by atoms with E-state index in [1.165, 1.54) is 6.20 Å². The van der Waals surface area contributed by atoms with Crippen molar-refractivity contribution in [3.05, 3.63) is 59.3 Å². The minimum Gasteiger partial charge on any atom is -0.462 e. The number of benzene rings is 1. The lowest BCUT2D eigenvalue weighted by molar-refractivity contribution is 0.0525. The number of hydrogen-bond acceptors (Lipinski definition) is 5. The molecule has 0 aliphatic carbocycles. The van der Waals surface area contributed by atoms with Crippen LogP contribution in [-0.4, -0.2) is 41.5 Å². The fourth-order valence-electron chi connectivity index (χ4n) is 2.23. The van der Waals surface area contributed by atoms with Gasteiger partial charge in [-0.3, -0.25) is 4.79 Å². The van der Waals surface area contributed by atoms with Crippen LogP contribution in [0.3, 0.4) is 0 Å². The third-order valence-corrected chi connectivity index (χ3v) is 4.04. The molecule has 1 aromatic heterocycles. The molecule has 6 heteroatoms. The van der Waals surface area contributed by atoms with E-state index in [4.69, 9.17) is 4.74 Å². The first-order valence-corrected chi connectivity index (χ1v) is 8.65. The maximum Gasteiger partial charge on any atom is 0.339 e. The molecule has 0 fully saturated rings. The standard InChI is InChI=1S/C20H25N3O3/c1-5-26-20(25)17-10-11-18(22-13-17)21-12-15-6-8-16(9-7-15)19(24)23(4)14(2)3/h6-11,13-14H,5,12H2,1-4H3,(H,21,22). The first-order valence-electron chi connectivity index (χ1n) is 8.65. The van der Waals surface area contributed by atoms with Gasteiger partial charge in [0.2, 0.25) is 0 Å². The third kappa shape index (κ3) is 5.05. The van der Waals surface area contributed by atoms with E-state index >= 15 is 0 Å². The lowest BCUT2D eigenvalue weighted by Gasteiger charge is -2.21. The molecule has 0 atom stereocenters. The molecule has 2 rings (SSSR count). The predicted molar refractivity (Wildman–Crippen MR) is 101 cm³/mol. The van der Waals surface area contributed by atoms with Crippen LogP contribution in [0.15, 0.2) is 42.6 Å². The molecule has 0 saturated carbocycles. The zero-order valence-electron chi connectivity index (χ0n) is 15.7. The highest BCUT2D eigenvalue weighted by atomic mass is 16.5. The number of pyridine rings is 1. The van der Waals surface area contributed by atoms with Crippen molar-refractivity contribution in [1.29, 1.82) is 0 Å². The van der Waals surface area contributed by atoms with Crippen LogP contribution in [0.2, 0.25) is 0 Å². The van der Waals surface area contributed by atoms with Crippen molar-refractivity contribution in [2.45, 2.75) is 33.4 Å². The average Bonchev–Trinajstić information content (AvgIpc) is 2.66. The number of nitrogens with zero attached hydrogens (tertiary/aromatic N) is 2. The Kier molecular flexibility index (Phi) is 6.72. The van der Waals surface area contributed by atoms with Crippen molar-refractivity contribution < 1.29 is 14.3 Å². The summed E-state index contributed by atoms with van der Waals surface area (Å²) in [6.45, 7) is 6.64. The lowest BCUT2D eigenvalue weighted by atomic mass is 10.1. The van der Waals surface area contributed by atoms with Crippen LogP contribution < -0.4 is 5.32 Å². The smallest absolute Gasteiger partial charge is 0.339 e. The van der Waals surface area contributed by atoms with Gasteiger partial charge in [-0.05, 0) is 50.6 Å². The molecule has 0 spiro atoms. The Bertz CT molecular complexity index is 740. The van der Waals surface area contributed by atoms with E-state index in [0.717, 1.165) is 5.56 Å². The van der Waals surface area contributed by atoms with Gasteiger partial charge in [-0.2, -0.15) is 0 Å². The van der Waals surface area contributed by atoms with Crippen LogP contribution in [0.25, 0.3) is 0 Å². The molecule has 1 amide bonds. The topological polar surface area (TPSA) is 71.5 Å². The SMILES string of the molecule is CCOC(=O)c1ccc(NCc2ccc(C(=O)N(C)C(C)C)cc2)nc1. The normalized spacial score (nSPS) is 10.5. The van der Waals surface area contributed by atoms with E-state index in [9.17, 15) is 9.59 Å². The van der Waals surface area contributed by atoms with Crippen molar-refractivity contribution in [3.63, 3.8) is 0 Å². The van der Waals surface area contributed by atoms with Gasteiger partial charge in [0.1, 0.15) is 5.82 Å². The minimum atomic E-state index is -0.377. The van der Waals surface area contributed by atoms with Crippen LogP contribution in [0.1, 0.15) is 47.1 Å². The summed E-state index contributed by atoms with van der Waals surface area (Å²) in [4.78, 5) is 29.8. The molecule has 0 bridgehead atoms. The van der Waals surface area contributed by atoms with E-state index in [1.807, 2.05) is 38.1 Å². The highest BCUT2D eigenvalue weighted by Gasteiger charge is 2.14. The summed E-state index contributed by atoms with van der Waals surface area (Å²) in [5, 5.41) is 3.19. The fourth-order valence-corrected chi connectivity index (χ4v) is 2.23. The molecule has 26 heavy (non-hydrogen) atoms. The molecular formula is C20H25N3O3. The van der Waals surface area contributed by atoms with Gasteiger partial charge in [0.05, 0.1) is 12.2 Å². The number of amides is 1. The van der Waals surface area contributed by atoms with Crippen LogP contribution in [0, 0.1) is 0 Å². The van der Waals surface area contributed by atoms with Gasteiger partial charge >= 0.3 is 5.97 Å². The zero-order chi connectivity index (χ0) is 19.1. The maximum atomic E-state index is 12.3. The molecule has 2 aromatic rings. The van der Waals surface area contributed by atoms with Gasteiger partial charge in [0.25, 0.3) is 5.91 Å². The molecule has 1 heterocycles. The summed E-state index contributed by atoms with van der Waals surface area (Å²) in [6.07, 6.45) is 1.49. The molecule has 0 aliphatic rings. The predicted octanol–water partition coefficient (Wildman–Crippen LogP) is 3.35. The second-order valence-corrected chi connectivity index (χ2v) is 6.21. The summed E-state index contributed by atoms with van der Waals surface area (Å²) in [7, 11) is 1.80. The van der Waals surface area contributed by atoms with Gasteiger partial charge in [0, 0.05) is 31.4 Å². The van der Waals surface area contributed by atoms with Crippen molar-refractivity contribution in [2.75, 3.05) is 19.0 Å². The summed E-state index contributed by atoms with van der Waals surface area (Å²) in [6, 6.07) is 11.1. The number of carbonyl (C=O) groups excluding carboxylic acids is 2. The van der Waals surface area contributed by atoms with Crippen molar-refractivity contribution in [2.24, 2.45) is 0 Å². The minimum absolute atomic E-state index is 0.00994. The second kappa shape index (κ2) is 8.99. The molecule has 1 aromatic carbocycles. The summed E-state index contributed by atoms with van der Waals surface area (Å²) in [5.74, 6) is 0.298. The van der Waals surface area contributed by atoms with Gasteiger partial charge in [-0.25, -0.2) is 9.78 Å². The monoisotopic (exact) mass is 355 g/mol. The molecule has 0 radical (unpaired) electrons. The molecule has 0 saturated heterocycles. The Morgan fingerprint density at radius 1 is 1.12 bits per heavy atom. The Labute approximate surface area is 154 Å². The van der Waals surface area contributed by atoms with E-state index in [-0.39, 0.29) is 17.9 Å². The van der Waals surface area contributed by atoms with E-state index in [0.29, 0.717) is 30.1 Å². The number of ether oxygens (including phenoxy) is 1. The van der Waals surface area contributed by atoms with Crippen LogP contribution in [0.4, 0.5) is 5.82 Å². The van der Waals surface area contributed by atoms with Crippen LogP contribution >= 0.6 is 0 Å². The number of aromatic nitrogens is 1. The number of carbonyl (C=O) groups is 2. The number of rotatable bonds is 7. The first-order chi connectivity index (χ1) is 12.4. The van der Waals surface area contributed by atoms with Crippen molar-refractivity contribution in [3.8, 4) is 0 Å². The Balaban J connectivity index is 1.93. The zero-order valence-corrected chi connectivity index (χ0v) is 15.7. The average molecular weight is 355 g/mol. The summed E-state index contributed by atoms with van der Waals surface area (Å²) < 4.78 is 4.93. The van der Waals surface area contributed by atoms with Crippen LogP contribution in [0.5, 0.6) is 0 Å². The Morgan fingerprint density at radius 3 is 2.31 bits per heavy atom. The van der Waals surface area contributed by atoms with Crippen LogP contribution in [-0.2, 0) is 11.3 Å². The van der Waals surface area contributed by atoms with Gasteiger partial charge < -0.3 is 15.0 Å². The quantitative estimate of drug-likeness (QED) is 0.771. The first kappa shape index (κ1) is 19.4. The van der Waals surface area contributed by atoms with Gasteiger partial charge in [-0.15, -0.1) is 0 Å². The third-order valence-electron chi connectivity index (χ3n) is 4.04. The molecule has 138 valence electrons. The number of nitrogens with one attached hydrogen (secondary N) is 1. The van der Waals surface area contributed by atoms with Crippen molar-refractivity contribution >= 4 is 17.7 Å². The highest BCUT2D eigenvalue weighted by molar-refractivity contribution is 5.94. The Hall–Kier alpha value is -2.89. The highest BCUT2D eigenvalue weighted by Crippen LogP contribution is 2.12. The molecule has 0 unspecified atom stereocenters. The molecule has 0 aliphatic heterocycles. The summed E-state index contributed by atoms with van der Waals surface area (Å²) >= 11 is 0. The molecule has 6 nitrogen and oxygen atoms in total. The van der Waals surface area contributed by atoms with Gasteiger partial charge in [0.15, 0.2) is 0 Å². The number of esters is 1. The van der Waals surface area contributed by atoms with E-state index < -0.39 is 0 Å². The van der Waals surface area contributed by atoms with E-state index in [2.05, 4.69) is 10.3 Å². The van der Waals surface area contributed by atoms with E-state index in [1.54, 1.807) is 31.0 Å². The van der Waals surface area contributed by atoms with Gasteiger partial charge in [-0.1, -0.05) is 12.1 Å². The maximum absolute atomic E-state index is 12.3. The molecular weight excluding hydrogens is 330 g/mol.